The lowest BCUT2D eigenvalue weighted by molar-refractivity contribution is 0.748. The third-order valence-electron chi connectivity index (χ3n) is 4.14. The van der Waals surface area contributed by atoms with E-state index >= 15 is 0 Å². The van der Waals surface area contributed by atoms with Crippen molar-refractivity contribution >= 4 is 22.5 Å². The van der Waals surface area contributed by atoms with Crippen LogP contribution in [0.5, 0.6) is 0 Å². The minimum atomic E-state index is 0.744. The molecule has 0 saturated heterocycles. The molecule has 0 aliphatic heterocycles. The number of unbranched alkanes of at least 4 members (excludes halogenated alkanes) is 1. The highest BCUT2D eigenvalue weighted by Gasteiger charge is 2.14. The average Bonchev–Trinajstić information content (AvgIpc) is 2.88. The second kappa shape index (κ2) is 6.55. The fraction of sp³-hybridized carbons (Fsp3) is 0.263. The first-order valence-electron chi connectivity index (χ1n) is 7.77. The molecule has 22 heavy (non-hydrogen) atoms. The summed E-state index contributed by atoms with van der Waals surface area (Å²) in [6.07, 6.45) is 3.18. The minimum absolute atomic E-state index is 0.744. The van der Waals surface area contributed by atoms with Gasteiger partial charge in [-0.25, -0.2) is 0 Å². The summed E-state index contributed by atoms with van der Waals surface area (Å²) in [5, 5.41) is 2.08. The smallest absolute Gasteiger partial charge is 0.0497 e. The SMILES string of the molecule is Cc1cccc2c(CCCCN)c(-c3cccc(Cl)c3)[nH]c12. The monoisotopic (exact) mass is 312 g/mol. The molecule has 0 bridgehead atoms. The zero-order valence-electron chi connectivity index (χ0n) is 12.8. The summed E-state index contributed by atoms with van der Waals surface area (Å²) in [5.74, 6) is 0. The van der Waals surface area contributed by atoms with Crippen LogP contribution in [0.1, 0.15) is 24.0 Å². The van der Waals surface area contributed by atoms with Gasteiger partial charge in [-0.1, -0.05) is 41.9 Å². The van der Waals surface area contributed by atoms with Gasteiger partial charge in [-0.05, 0) is 61.6 Å². The predicted octanol–water partition coefficient (Wildman–Crippen LogP) is 5.08. The third kappa shape index (κ3) is 2.90. The van der Waals surface area contributed by atoms with Crippen molar-refractivity contribution in [3.63, 3.8) is 0 Å². The van der Waals surface area contributed by atoms with E-state index in [-0.39, 0.29) is 0 Å². The Bertz CT molecular complexity index is 789. The summed E-state index contributed by atoms with van der Waals surface area (Å²) >= 11 is 6.17. The maximum absolute atomic E-state index is 6.17. The fourth-order valence-corrected chi connectivity index (χ4v) is 3.21. The highest BCUT2D eigenvalue weighted by atomic mass is 35.5. The number of H-pyrrole nitrogens is 1. The summed E-state index contributed by atoms with van der Waals surface area (Å²) in [7, 11) is 0. The number of benzene rings is 2. The Hall–Kier alpha value is -1.77. The van der Waals surface area contributed by atoms with E-state index in [2.05, 4.69) is 36.2 Å². The second-order valence-electron chi connectivity index (χ2n) is 5.73. The first-order chi connectivity index (χ1) is 10.7. The van der Waals surface area contributed by atoms with Crippen molar-refractivity contribution < 1.29 is 0 Å². The molecule has 0 radical (unpaired) electrons. The number of nitrogens with one attached hydrogen (secondary N) is 1. The minimum Gasteiger partial charge on any atom is -0.354 e. The van der Waals surface area contributed by atoms with Gasteiger partial charge in [0.05, 0.1) is 0 Å². The summed E-state index contributed by atoms with van der Waals surface area (Å²) in [6, 6.07) is 14.5. The molecular weight excluding hydrogens is 292 g/mol. The van der Waals surface area contributed by atoms with Gasteiger partial charge in [0, 0.05) is 21.6 Å². The zero-order valence-corrected chi connectivity index (χ0v) is 13.6. The molecule has 2 nitrogen and oxygen atoms in total. The molecule has 114 valence electrons. The first kappa shape index (κ1) is 15.1. The van der Waals surface area contributed by atoms with Crippen LogP contribution in [0.2, 0.25) is 5.02 Å². The van der Waals surface area contributed by atoms with Gasteiger partial charge in [0.15, 0.2) is 0 Å². The molecular formula is C19H21ClN2. The van der Waals surface area contributed by atoms with Crippen molar-refractivity contribution in [3.05, 3.63) is 58.6 Å². The zero-order chi connectivity index (χ0) is 15.5. The number of aromatic amines is 1. The van der Waals surface area contributed by atoms with Gasteiger partial charge in [0.1, 0.15) is 0 Å². The lowest BCUT2D eigenvalue weighted by Gasteiger charge is -2.05. The van der Waals surface area contributed by atoms with Gasteiger partial charge >= 0.3 is 0 Å². The van der Waals surface area contributed by atoms with E-state index in [1.807, 2.05) is 18.2 Å². The normalized spacial score (nSPS) is 11.2. The van der Waals surface area contributed by atoms with Gasteiger partial charge in [-0.3, -0.25) is 0 Å². The number of fused-ring (bicyclic) bond motifs is 1. The van der Waals surface area contributed by atoms with E-state index in [0.717, 1.165) is 36.4 Å². The molecule has 0 amide bonds. The molecule has 1 aromatic heterocycles. The van der Waals surface area contributed by atoms with Crippen LogP contribution in [0.4, 0.5) is 0 Å². The van der Waals surface area contributed by atoms with Crippen LogP contribution in [-0.2, 0) is 6.42 Å². The first-order valence-corrected chi connectivity index (χ1v) is 8.14. The number of rotatable bonds is 5. The fourth-order valence-electron chi connectivity index (χ4n) is 3.02. The van der Waals surface area contributed by atoms with E-state index in [4.69, 9.17) is 17.3 Å². The Morgan fingerprint density at radius 1 is 1.09 bits per heavy atom. The molecule has 3 aromatic rings. The van der Waals surface area contributed by atoms with Crippen molar-refractivity contribution in [2.24, 2.45) is 5.73 Å². The molecule has 3 rings (SSSR count). The summed E-state index contributed by atoms with van der Waals surface area (Å²) in [6.45, 7) is 2.89. The van der Waals surface area contributed by atoms with Crippen LogP contribution < -0.4 is 5.73 Å². The number of halogens is 1. The van der Waals surface area contributed by atoms with Gasteiger partial charge in [-0.2, -0.15) is 0 Å². The van der Waals surface area contributed by atoms with E-state index < -0.39 is 0 Å². The quantitative estimate of drug-likeness (QED) is 0.634. The van der Waals surface area contributed by atoms with Crippen LogP contribution >= 0.6 is 11.6 Å². The van der Waals surface area contributed by atoms with Gasteiger partial charge in [-0.15, -0.1) is 0 Å². The van der Waals surface area contributed by atoms with Gasteiger partial charge in [0.2, 0.25) is 0 Å². The van der Waals surface area contributed by atoms with Crippen LogP contribution in [0.15, 0.2) is 42.5 Å². The molecule has 3 N–H and O–H groups in total. The van der Waals surface area contributed by atoms with Crippen molar-refractivity contribution in [2.75, 3.05) is 6.54 Å². The molecule has 0 spiro atoms. The Morgan fingerprint density at radius 2 is 1.91 bits per heavy atom. The highest BCUT2D eigenvalue weighted by Crippen LogP contribution is 2.33. The Kier molecular flexibility index (Phi) is 4.51. The molecule has 0 fully saturated rings. The third-order valence-corrected chi connectivity index (χ3v) is 4.38. The Balaban J connectivity index is 2.15. The highest BCUT2D eigenvalue weighted by molar-refractivity contribution is 6.30. The van der Waals surface area contributed by atoms with Crippen molar-refractivity contribution in [1.29, 1.82) is 0 Å². The number of hydrogen-bond donors (Lipinski definition) is 2. The molecule has 0 aliphatic rings. The predicted molar refractivity (Wildman–Crippen MR) is 95.5 cm³/mol. The number of aromatic nitrogens is 1. The van der Waals surface area contributed by atoms with Crippen molar-refractivity contribution in [2.45, 2.75) is 26.2 Å². The lowest BCUT2D eigenvalue weighted by atomic mass is 9.99. The average molecular weight is 313 g/mol. The number of nitrogens with two attached hydrogens (primary N) is 1. The maximum Gasteiger partial charge on any atom is 0.0497 e. The molecule has 0 unspecified atom stereocenters. The lowest BCUT2D eigenvalue weighted by Crippen LogP contribution is -1.99. The molecule has 0 saturated carbocycles. The van der Waals surface area contributed by atoms with Crippen LogP contribution in [0.25, 0.3) is 22.2 Å². The molecule has 2 aromatic carbocycles. The number of aryl methyl sites for hydroxylation is 2. The molecule has 0 aliphatic carbocycles. The molecule has 3 heteroatoms. The number of para-hydroxylation sites is 1. The van der Waals surface area contributed by atoms with E-state index in [1.165, 1.54) is 27.7 Å². The molecule has 1 heterocycles. The summed E-state index contributed by atoms with van der Waals surface area (Å²) in [4.78, 5) is 3.61. The summed E-state index contributed by atoms with van der Waals surface area (Å²) in [5.41, 5.74) is 11.8. The standard InChI is InChI=1S/C19H21ClN2/c1-13-6-4-10-16-17(9-2-3-11-21)19(22-18(13)16)14-7-5-8-15(20)12-14/h4-8,10,12,22H,2-3,9,11,21H2,1H3. The van der Waals surface area contributed by atoms with Gasteiger partial charge in [0.25, 0.3) is 0 Å². The Labute approximate surface area is 136 Å². The van der Waals surface area contributed by atoms with Gasteiger partial charge < -0.3 is 10.7 Å². The van der Waals surface area contributed by atoms with Crippen LogP contribution in [0.3, 0.4) is 0 Å². The Morgan fingerprint density at radius 3 is 2.68 bits per heavy atom. The number of hydrogen-bond acceptors (Lipinski definition) is 1. The summed E-state index contributed by atoms with van der Waals surface area (Å²) < 4.78 is 0. The van der Waals surface area contributed by atoms with Crippen LogP contribution in [0, 0.1) is 6.92 Å². The largest absolute Gasteiger partial charge is 0.354 e. The van der Waals surface area contributed by atoms with Crippen molar-refractivity contribution in [3.8, 4) is 11.3 Å². The van der Waals surface area contributed by atoms with E-state index in [0.29, 0.717) is 0 Å². The topological polar surface area (TPSA) is 41.8 Å². The maximum atomic E-state index is 6.17. The van der Waals surface area contributed by atoms with Crippen molar-refractivity contribution in [1.82, 2.24) is 4.98 Å². The second-order valence-corrected chi connectivity index (χ2v) is 6.17. The molecule has 0 atom stereocenters. The van der Waals surface area contributed by atoms with Crippen LogP contribution in [-0.4, -0.2) is 11.5 Å². The van der Waals surface area contributed by atoms with E-state index in [1.54, 1.807) is 0 Å². The van der Waals surface area contributed by atoms with E-state index in [9.17, 15) is 0 Å².